The van der Waals surface area contributed by atoms with E-state index in [0.29, 0.717) is 43.5 Å². The van der Waals surface area contributed by atoms with Gasteiger partial charge in [-0.05, 0) is 50.3 Å². The van der Waals surface area contributed by atoms with E-state index < -0.39 is 5.60 Å². The Bertz CT molecular complexity index is 1280. The number of allylic oxidation sites excluding steroid dienone is 2. The second-order valence-corrected chi connectivity index (χ2v) is 9.39. The molecule has 5 atom stereocenters. The Kier molecular flexibility index (Phi) is 4.08. The van der Waals surface area contributed by atoms with Crippen molar-refractivity contribution in [2.75, 3.05) is 0 Å². The quantitative estimate of drug-likeness (QED) is 0.296. The van der Waals surface area contributed by atoms with E-state index in [1.54, 1.807) is 16.8 Å². The molecule has 4 aliphatic rings. The van der Waals surface area contributed by atoms with Crippen molar-refractivity contribution in [3.05, 3.63) is 75.1 Å². The van der Waals surface area contributed by atoms with E-state index in [0.717, 1.165) is 5.57 Å². The second-order valence-electron chi connectivity index (χ2n) is 9.39. The highest BCUT2D eigenvalue weighted by molar-refractivity contribution is 5.91. The minimum atomic E-state index is -0.412. The number of rotatable bonds is 1. The fourth-order valence-corrected chi connectivity index (χ4v) is 5.69. The van der Waals surface area contributed by atoms with Gasteiger partial charge in [-0.3, -0.25) is 0 Å². The fourth-order valence-electron chi connectivity index (χ4n) is 5.69. The fraction of sp³-hybridized carbons (Fsp3) is 0.458. The molecule has 1 aromatic heterocycles. The van der Waals surface area contributed by atoms with Crippen LogP contribution in [-0.4, -0.2) is 37.7 Å². The highest BCUT2D eigenvalue weighted by Gasteiger charge is 2.62. The van der Waals surface area contributed by atoms with E-state index in [-0.39, 0.29) is 41.5 Å². The Morgan fingerprint density at radius 3 is 2.66 bits per heavy atom. The van der Waals surface area contributed by atoms with Crippen molar-refractivity contribution in [1.29, 1.82) is 0 Å². The highest BCUT2D eigenvalue weighted by Crippen LogP contribution is 2.51. The van der Waals surface area contributed by atoms with Crippen molar-refractivity contribution >= 4 is 5.97 Å². The number of hydrogen-bond acceptors (Lipinski definition) is 5. The topological polar surface area (TPSA) is 87.8 Å². The number of aromatic nitrogens is 3. The van der Waals surface area contributed by atoms with Gasteiger partial charge in [0.05, 0.1) is 23.9 Å². The molecular formula is C24H25N3O5. The number of carbonyl (C=O) groups is 1. The largest absolute Gasteiger partial charge is 0.455 e. The summed E-state index contributed by atoms with van der Waals surface area (Å²) in [4.78, 5) is 38.8. The number of epoxide rings is 1. The number of benzene rings is 1. The lowest BCUT2D eigenvalue weighted by atomic mass is 9.81. The van der Waals surface area contributed by atoms with Crippen molar-refractivity contribution in [2.24, 2.45) is 5.92 Å². The molecule has 1 aliphatic carbocycles. The Morgan fingerprint density at radius 2 is 1.88 bits per heavy atom. The summed E-state index contributed by atoms with van der Waals surface area (Å²) < 4.78 is 16.1. The molecule has 32 heavy (non-hydrogen) atoms. The minimum Gasteiger partial charge on any atom is -0.455 e. The summed E-state index contributed by atoms with van der Waals surface area (Å²) in [5.74, 6) is -0.431. The van der Waals surface area contributed by atoms with Gasteiger partial charge in [-0.1, -0.05) is 30.9 Å². The third-order valence-corrected chi connectivity index (χ3v) is 7.57. The first-order valence-electron chi connectivity index (χ1n) is 11.2. The lowest BCUT2D eigenvalue weighted by Gasteiger charge is -2.30. The number of carbonyl (C=O) groups excluding carboxylic acids is 1. The first-order chi connectivity index (χ1) is 15.4. The molecular weight excluding hydrogens is 410 g/mol. The molecule has 8 heteroatoms. The molecule has 0 bridgehead atoms. The first-order valence-corrected chi connectivity index (χ1v) is 11.2. The van der Waals surface area contributed by atoms with Crippen LogP contribution >= 0.6 is 0 Å². The van der Waals surface area contributed by atoms with Crippen LogP contribution in [0.4, 0.5) is 0 Å². The summed E-state index contributed by atoms with van der Waals surface area (Å²) in [5.41, 5.74) is 1.12. The zero-order valence-electron chi connectivity index (χ0n) is 17.9. The smallest absolute Gasteiger partial charge is 0.352 e. The number of para-hydroxylation sites is 1. The van der Waals surface area contributed by atoms with Gasteiger partial charge in [0, 0.05) is 11.5 Å². The Labute approximate surface area is 184 Å². The first kappa shape index (κ1) is 19.5. The molecule has 0 radical (unpaired) electrons. The van der Waals surface area contributed by atoms with E-state index in [1.807, 2.05) is 25.1 Å². The summed E-state index contributed by atoms with van der Waals surface area (Å²) in [7, 11) is 0. The molecule has 0 amide bonds. The molecule has 1 aromatic carbocycles. The van der Waals surface area contributed by atoms with Crippen LogP contribution in [0, 0.1) is 5.92 Å². The molecule has 1 saturated carbocycles. The van der Waals surface area contributed by atoms with Crippen molar-refractivity contribution in [3.63, 3.8) is 0 Å². The van der Waals surface area contributed by atoms with E-state index in [9.17, 15) is 14.4 Å². The molecule has 3 fully saturated rings. The maximum atomic E-state index is 13.5. The van der Waals surface area contributed by atoms with Crippen LogP contribution < -0.4 is 11.4 Å². The van der Waals surface area contributed by atoms with E-state index in [1.165, 1.54) is 9.25 Å². The van der Waals surface area contributed by atoms with E-state index >= 15 is 0 Å². The summed E-state index contributed by atoms with van der Waals surface area (Å²) in [6.45, 7) is 6.35. The molecule has 0 N–H and O–H groups in total. The van der Waals surface area contributed by atoms with Crippen LogP contribution in [0.3, 0.4) is 0 Å². The zero-order valence-corrected chi connectivity index (χ0v) is 17.9. The highest BCUT2D eigenvalue weighted by atomic mass is 16.6. The normalized spacial score (nSPS) is 33.3. The summed E-state index contributed by atoms with van der Waals surface area (Å²) in [6.07, 6.45) is 4.39. The summed E-state index contributed by atoms with van der Waals surface area (Å²) in [6, 6.07) is 8.80. The molecule has 2 saturated heterocycles. The zero-order chi connectivity index (χ0) is 22.2. The SMILES string of the molecule is C=C1C(=O)O[C@@H]2[C@H]3O[C@]3(C)CC[C@@H]3C(=CCn4c(=O)n(-c5ccccc5)c(=O)n43)CC[C@@H]12. The number of fused-ring (bicyclic) bond motifs is 6. The molecule has 0 spiro atoms. The average Bonchev–Trinajstić information content (AvgIpc) is 3.29. The van der Waals surface area contributed by atoms with Gasteiger partial charge < -0.3 is 9.47 Å². The van der Waals surface area contributed by atoms with Crippen molar-refractivity contribution in [3.8, 4) is 5.69 Å². The number of esters is 1. The Balaban J connectivity index is 1.41. The van der Waals surface area contributed by atoms with E-state index in [2.05, 4.69) is 12.7 Å². The molecule has 3 aliphatic heterocycles. The Morgan fingerprint density at radius 1 is 1.09 bits per heavy atom. The number of ether oxygens (including phenoxy) is 2. The van der Waals surface area contributed by atoms with Gasteiger partial charge >= 0.3 is 17.3 Å². The Hall–Kier alpha value is -3.13. The molecule has 0 unspecified atom stereocenters. The van der Waals surface area contributed by atoms with Crippen LogP contribution in [0.2, 0.25) is 0 Å². The van der Waals surface area contributed by atoms with Crippen LogP contribution in [0.15, 0.2) is 63.7 Å². The minimum absolute atomic E-state index is 0.0938. The van der Waals surface area contributed by atoms with Crippen molar-refractivity contribution in [2.45, 2.75) is 63.0 Å². The molecule has 166 valence electrons. The van der Waals surface area contributed by atoms with Crippen molar-refractivity contribution in [1.82, 2.24) is 13.9 Å². The maximum absolute atomic E-state index is 13.5. The van der Waals surface area contributed by atoms with Gasteiger partial charge in [0.15, 0.2) is 0 Å². The van der Waals surface area contributed by atoms with Gasteiger partial charge in [0.2, 0.25) is 0 Å². The van der Waals surface area contributed by atoms with Gasteiger partial charge in [-0.25, -0.2) is 28.3 Å². The van der Waals surface area contributed by atoms with Crippen LogP contribution in [0.5, 0.6) is 0 Å². The predicted octanol–water partition coefficient (Wildman–Crippen LogP) is 2.11. The predicted molar refractivity (Wildman–Crippen MR) is 116 cm³/mol. The standard InChI is InChI=1S/C24H25N3O5/c1-14-17-9-8-15-11-13-25-22(29)26(16-6-4-3-5-7-16)23(30)27(25)18(15)10-12-24(2)20(32-24)19(17)31-21(14)28/h3-7,11,17-20H,1,8-10,12-13H2,2H3/t17-,18+,19-,20+,24+/m0/s1. The summed E-state index contributed by atoms with van der Waals surface area (Å²) in [5, 5.41) is 0. The molecule has 6 rings (SSSR count). The lowest BCUT2D eigenvalue weighted by Crippen LogP contribution is -2.37. The van der Waals surface area contributed by atoms with Gasteiger partial charge in [0.25, 0.3) is 0 Å². The van der Waals surface area contributed by atoms with Gasteiger partial charge in [-0.2, -0.15) is 0 Å². The van der Waals surface area contributed by atoms with E-state index in [4.69, 9.17) is 9.47 Å². The summed E-state index contributed by atoms with van der Waals surface area (Å²) >= 11 is 0. The number of hydrogen-bond donors (Lipinski definition) is 0. The number of nitrogens with zero attached hydrogens (tertiary/aromatic N) is 3. The molecule has 4 heterocycles. The molecule has 8 nitrogen and oxygen atoms in total. The van der Waals surface area contributed by atoms with Gasteiger partial charge in [0.1, 0.15) is 12.2 Å². The third-order valence-electron chi connectivity index (χ3n) is 7.57. The maximum Gasteiger partial charge on any atom is 0.352 e. The van der Waals surface area contributed by atoms with Crippen LogP contribution in [0.1, 0.15) is 38.6 Å². The van der Waals surface area contributed by atoms with Gasteiger partial charge in [-0.15, -0.1) is 0 Å². The van der Waals surface area contributed by atoms with Crippen LogP contribution in [0.25, 0.3) is 5.69 Å². The lowest BCUT2D eigenvalue weighted by molar-refractivity contribution is -0.140. The monoisotopic (exact) mass is 435 g/mol. The van der Waals surface area contributed by atoms with Crippen LogP contribution in [-0.2, 0) is 20.8 Å². The second kappa shape index (κ2) is 6.68. The average molecular weight is 435 g/mol. The molecule has 2 aromatic rings. The third kappa shape index (κ3) is 2.68. The van der Waals surface area contributed by atoms with Crippen molar-refractivity contribution < 1.29 is 14.3 Å².